The molecule has 0 aromatic heterocycles. The third kappa shape index (κ3) is 4.24. The molecule has 8 nitrogen and oxygen atoms in total. The number of esters is 2. The van der Waals surface area contributed by atoms with E-state index in [-0.39, 0.29) is 45.6 Å². The lowest BCUT2D eigenvalue weighted by atomic mass is 10.1. The molecular formula is C24H16O8. The average Bonchev–Trinajstić information content (AvgIpc) is 2.72. The summed E-state index contributed by atoms with van der Waals surface area (Å²) in [5, 5.41) is 39.4. The third-order valence-electron chi connectivity index (χ3n) is 4.51. The predicted octanol–water partition coefficient (Wildman–Crippen LogP) is 4.10. The number of rotatable bonds is 4. The molecule has 0 aliphatic heterocycles. The fourth-order valence-electron chi connectivity index (χ4n) is 3.19. The van der Waals surface area contributed by atoms with Crippen LogP contribution in [0.4, 0.5) is 0 Å². The van der Waals surface area contributed by atoms with Crippen LogP contribution in [0.25, 0.3) is 10.8 Å². The Hall–Kier alpha value is -4.72. The van der Waals surface area contributed by atoms with Gasteiger partial charge in [-0.3, -0.25) is 0 Å². The second-order valence-corrected chi connectivity index (χ2v) is 6.87. The number of hydrogen-bond donors (Lipinski definition) is 4. The van der Waals surface area contributed by atoms with E-state index in [1.165, 1.54) is 12.1 Å². The molecule has 4 aromatic carbocycles. The summed E-state index contributed by atoms with van der Waals surface area (Å²) in [6, 6.07) is 16.5. The highest BCUT2D eigenvalue weighted by atomic mass is 16.5. The zero-order valence-electron chi connectivity index (χ0n) is 16.4. The summed E-state index contributed by atoms with van der Waals surface area (Å²) in [6.07, 6.45) is 0. The molecule has 0 radical (unpaired) electrons. The zero-order valence-corrected chi connectivity index (χ0v) is 16.4. The highest BCUT2D eigenvalue weighted by Gasteiger charge is 2.18. The maximum absolute atomic E-state index is 12.6. The van der Waals surface area contributed by atoms with Crippen LogP contribution in [-0.2, 0) is 0 Å². The minimum absolute atomic E-state index is 0.0794. The Morgan fingerprint density at radius 3 is 1.31 bits per heavy atom. The Bertz CT molecular complexity index is 1220. The van der Waals surface area contributed by atoms with Gasteiger partial charge in [-0.1, -0.05) is 24.3 Å². The molecule has 0 aliphatic rings. The fourth-order valence-corrected chi connectivity index (χ4v) is 3.19. The molecule has 0 fully saturated rings. The maximum atomic E-state index is 12.6. The molecule has 0 spiro atoms. The predicted molar refractivity (Wildman–Crippen MR) is 113 cm³/mol. The molecule has 0 heterocycles. The van der Waals surface area contributed by atoms with Crippen molar-refractivity contribution in [1.82, 2.24) is 0 Å². The first-order valence-electron chi connectivity index (χ1n) is 9.32. The van der Waals surface area contributed by atoms with Gasteiger partial charge in [0.15, 0.2) is 0 Å². The molecule has 4 aromatic rings. The van der Waals surface area contributed by atoms with E-state index in [0.717, 1.165) is 36.4 Å². The summed E-state index contributed by atoms with van der Waals surface area (Å²) >= 11 is 0. The summed E-state index contributed by atoms with van der Waals surface area (Å²) in [4.78, 5) is 25.2. The minimum atomic E-state index is -0.845. The van der Waals surface area contributed by atoms with E-state index in [1.807, 2.05) is 0 Å². The first-order chi connectivity index (χ1) is 15.3. The van der Waals surface area contributed by atoms with Gasteiger partial charge in [-0.15, -0.1) is 0 Å². The van der Waals surface area contributed by atoms with Crippen molar-refractivity contribution in [2.45, 2.75) is 0 Å². The molecule has 0 unspecified atom stereocenters. The molecule has 4 rings (SSSR count). The second kappa shape index (κ2) is 8.19. The van der Waals surface area contributed by atoms with Crippen molar-refractivity contribution in [3.05, 3.63) is 83.9 Å². The van der Waals surface area contributed by atoms with E-state index in [4.69, 9.17) is 9.47 Å². The van der Waals surface area contributed by atoms with Crippen LogP contribution >= 0.6 is 0 Å². The first kappa shape index (κ1) is 20.5. The Balaban J connectivity index is 1.70. The number of phenolic OH excluding ortho intramolecular Hbond substituents is 4. The van der Waals surface area contributed by atoms with Gasteiger partial charge < -0.3 is 29.9 Å². The van der Waals surface area contributed by atoms with Gasteiger partial charge in [0.1, 0.15) is 34.5 Å². The summed E-state index contributed by atoms with van der Waals surface area (Å²) in [5.74, 6) is -2.75. The van der Waals surface area contributed by atoms with Crippen LogP contribution in [0.2, 0.25) is 0 Å². The number of phenols is 4. The van der Waals surface area contributed by atoms with Gasteiger partial charge in [0, 0.05) is 12.1 Å². The van der Waals surface area contributed by atoms with Crippen molar-refractivity contribution in [2.24, 2.45) is 0 Å². The fraction of sp³-hybridized carbons (Fsp3) is 0. The van der Waals surface area contributed by atoms with E-state index >= 15 is 0 Å². The summed E-state index contributed by atoms with van der Waals surface area (Å²) in [5.41, 5.74) is -0.159. The second-order valence-electron chi connectivity index (χ2n) is 6.87. The largest absolute Gasteiger partial charge is 0.508 e. The number of aromatic hydroxyl groups is 4. The van der Waals surface area contributed by atoms with Gasteiger partial charge >= 0.3 is 11.9 Å². The average molecular weight is 432 g/mol. The zero-order chi connectivity index (χ0) is 22.8. The summed E-state index contributed by atoms with van der Waals surface area (Å²) in [6.45, 7) is 0. The topological polar surface area (TPSA) is 134 Å². The molecule has 0 saturated heterocycles. The van der Waals surface area contributed by atoms with Crippen LogP contribution in [0.3, 0.4) is 0 Å². The molecule has 0 amide bonds. The molecule has 0 saturated carbocycles. The standard InChI is InChI=1S/C24H16O8/c25-16-7-14(8-17(26)11-16)23(29)31-20-5-1-3-13-4-2-6-21(22(13)20)32-24(30)15-9-18(27)12-19(28)10-15/h1-12,25-28H. The molecule has 160 valence electrons. The van der Waals surface area contributed by atoms with Crippen molar-refractivity contribution < 1.29 is 39.5 Å². The van der Waals surface area contributed by atoms with Crippen molar-refractivity contribution in [2.75, 3.05) is 0 Å². The Labute approximate surface area is 181 Å². The van der Waals surface area contributed by atoms with Gasteiger partial charge in [0.2, 0.25) is 0 Å². The summed E-state index contributed by atoms with van der Waals surface area (Å²) in [7, 11) is 0. The normalized spacial score (nSPS) is 10.6. The molecule has 8 heteroatoms. The highest BCUT2D eigenvalue weighted by molar-refractivity contribution is 6.01. The summed E-state index contributed by atoms with van der Waals surface area (Å²) < 4.78 is 10.9. The SMILES string of the molecule is O=C(Oc1cccc2cccc(OC(=O)c3cc(O)cc(O)c3)c12)c1cc(O)cc(O)c1. The third-order valence-corrected chi connectivity index (χ3v) is 4.51. The number of carbonyl (C=O) groups is 2. The smallest absolute Gasteiger partial charge is 0.343 e. The lowest BCUT2D eigenvalue weighted by Crippen LogP contribution is -2.11. The van der Waals surface area contributed by atoms with E-state index < -0.39 is 11.9 Å². The number of fused-ring (bicyclic) bond motifs is 1. The Morgan fingerprint density at radius 2 is 0.938 bits per heavy atom. The molecular weight excluding hydrogens is 416 g/mol. The van der Waals surface area contributed by atoms with Gasteiger partial charge in [-0.2, -0.15) is 0 Å². The van der Waals surface area contributed by atoms with Crippen molar-refractivity contribution in [3.63, 3.8) is 0 Å². The minimum Gasteiger partial charge on any atom is -0.508 e. The molecule has 32 heavy (non-hydrogen) atoms. The van der Waals surface area contributed by atoms with E-state index in [1.54, 1.807) is 24.3 Å². The molecule has 0 bridgehead atoms. The quantitative estimate of drug-likeness (QED) is 0.280. The van der Waals surface area contributed by atoms with Crippen LogP contribution in [0.1, 0.15) is 20.7 Å². The number of hydrogen-bond acceptors (Lipinski definition) is 8. The van der Waals surface area contributed by atoms with Crippen molar-refractivity contribution in [3.8, 4) is 34.5 Å². The van der Waals surface area contributed by atoms with E-state index in [0.29, 0.717) is 10.8 Å². The van der Waals surface area contributed by atoms with Crippen molar-refractivity contribution >= 4 is 22.7 Å². The van der Waals surface area contributed by atoms with Crippen molar-refractivity contribution in [1.29, 1.82) is 0 Å². The molecule has 0 atom stereocenters. The maximum Gasteiger partial charge on any atom is 0.343 e. The lowest BCUT2D eigenvalue weighted by molar-refractivity contribution is 0.0735. The van der Waals surface area contributed by atoms with Crippen LogP contribution < -0.4 is 9.47 Å². The van der Waals surface area contributed by atoms with Gasteiger partial charge in [0.25, 0.3) is 0 Å². The first-order valence-corrected chi connectivity index (χ1v) is 9.32. The van der Waals surface area contributed by atoms with Crippen LogP contribution in [-0.4, -0.2) is 32.4 Å². The van der Waals surface area contributed by atoms with Crippen LogP contribution in [0.5, 0.6) is 34.5 Å². The number of ether oxygens (including phenoxy) is 2. The monoisotopic (exact) mass is 432 g/mol. The van der Waals surface area contributed by atoms with Gasteiger partial charge in [0.05, 0.1) is 16.5 Å². The Morgan fingerprint density at radius 1 is 0.562 bits per heavy atom. The van der Waals surface area contributed by atoms with E-state index in [9.17, 15) is 30.0 Å². The highest BCUT2D eigenvalue weighted by Crippen LogP contribution is 2.35. The van der Waals surface area contributed by atoms with Gasteiger partial charge in [-0.25, -0.2) is 9.59 Å². The van der Waals surface area contributed by atoms with Gasteiger partial charge in [-0.05, 0) is 41.8 Å². The number of carbonyl (C=O) groups excluding carboxylic acids is 2. The Kier molecular flexibility index (Phi) is 5.26. The lowest BCUT2D eigenvalue weighted by Gasteiger charge is -2.12. The van der Waals surface area contributed by atoms with Crippen LogP contribution in [0, 0.1) is 0 Å². The number of benzene rings is 4. The molecule has 0 aliphatic carbocycles. The van der Waals surface area contributed by atoms with Crippen LogP contribution in [0.15, 0.2) is 72.8 Å². The molecule has 4 N–H and O–H groups in total. The van der Waals surface area contributed by atoms with E-state index in [2.05, 4.69) is 0 Å².